The molecule has 0 saturated carbocycles. The molecule has 2 aromatic carbocycles. The molecule has 0 amide bonds. The van der Waals surface area contributed by atoms with E-state index in [1.165, 1.54) is 46.1 Å². The lowest BCUT2D eigenvalue weighted by atomic mass is 9.97. The number of fused-ring (bicyclic) bond motifs is 4. The fraction of sp³-hybridized carbons (Fsp3) is 0.429. The second kappa shape index (κ2) is 8.58. The number of rotatable bonds is 4. The molecule has 0 spiro atoms. The first-order valence-electron chi connectivity index (χ1n) is 12.5. The van der Waals surface area contributed by atoms with Crippen LogP contribution in [-0.2, 0) is 17.7 Å². The number of aryl methyl sites for hydroxylation is 1. The van der Waals surface area contributed by atoms with E-state index in [1.807, 2.05) is 13.0 Å². The summed E-state index contributed by atoms with van der Waals surface area (Å²) in [4.78, 5) is 22.5. The Hall–Kier alpha value is -3.12. The highest BCUT2D eigenvalue weighted by atomic mass is 16.5. The molecule has 2 fully saturated rings. The number of piperazine rings is 1. The Balaban J connectivity index is 1.40. The third kappa shape index (κ3) is 3.70. The number of hydrogen-bond donors (Lipinski definition) is 1. The van der Waals surface area contributed by atoms with Gasteiger partial charge in [-0.15, -0.1) is 0 Å². The minimum atomic E-state index is -0.331. The summed E-state index contributed by atoms with van der Waals surface area (Å²) in [5.74, 6) is -0.331. The molecule has 2 saturated heterocycles. The van der Waals surface area contributed by atoms with Crippen LogP contribution in [-0.4, -0.2) is 49.3 Å². The summed E-state index contributed by atoms with van der Waals surface area (Å²) in [7, 11) is 0. The van der Waals surface area contributed by atoms with Crippen molar-refractivity contribution in [3.05, 3.63) is 65.0 Å². The molecule has 3 aliphatic heterocycles. The fourth-order valence-electron chi connectivity index (χ4n) is 6.08. The Labute approximate surface area is 200 Å². The van der Waals surface area contributed by atoms with Crippen LogP contribution in [0.25, 0.3) is 10.8 Å². The summed E-state index contributed by atoms with van der Waals surface area (Å²) in [5.41, 5.74) is 6.43. The van der Waals surface area contributed by atoms with Crippen molar-refractivity contribution in [1.29, 1.82) is 0 Å². The second-order valence-electron chi connectivity index (χ2n) is 9.84. The Morgan fingerprint density at radius 2 is 1.85 bits per heavy atom. The maximum absolute atomic E-state index is 12.7. The molecule has 6 heteroatoms. The van der Waals surface area contributed by atoms with Crippen LogP contribution in [0.5, 0.6) is 0 Å². The van der Waals surface area contributed by atoms with E-state index in [-0.39, 0.29) is 5.97 Å². The van der Waals surface area contributed by atoms with Crippen molar-refractivity contribution in [2.45, 2.75) is 51.7 Å². The van der Waals surface area contributed by atoms with Crippen LogP contribution >= 0.6 is 0 Å². The van der Waals surface area contributed by atoms with Crippen molar-refractivity contribution in [2.75, 3.05) is 36.0 Å². The third-order valence-electron chi connectivity index (χ3n) is 7.63. The van der Waals surface area contributed by atoms with Crippen LogP contribution < -0.4 is 15.1 Å². The highest BCUT2D eigenvalue weighted by Crippen LogP contribution is 2.36. The molecule has 6 nitrogen and oxygen atoms in total. The van der Waals surface area contributed by atoms with Crippen LogP contribution in [0.1, 0.15) is 47.1 Å². The number of benzene rings is 2. The summed E-state index contributed by atoms with van der Waals surface area (Å²) in [6.45, 7) is 7.98. The number of pyridine rings is 1. The quantitative estimate of drug-likeness (QED) is 0.593. The maximum Gasteiger partial charge on any atom is 0.356 e. The van der Waals surface area contributed by atoms with Crippen LogP contribution in [0, 0.1) is 6.92 Å². The van der Waals surface area contributed by atoms with E-state index >= 15 is 0 Å². The van der Waals surface area contributed by atoms with Gasteiger partial charge in [0.2, 0.25) is 0 Å². The van der Waals surface area contributed by atoms with E-state index < -0.39 is 0 Å². The van der Waals surface area contributed by atoms with Gasteiger partial charge >= 0.3 is 5.97 Å². The lowest BCUT2D eigenvalue weighted by molar-refractivity contribution is 0.0519. The fourth-order valence-corrected chi connectivity index (χ4v) is 6.08. The van der Waals surface area contributed by atoms with Gasteiger partial charge in [-0.25, -0.2) is 9.78 Å². The molecule has 6 rings (SSSR count). The van der Waals surface area contributed by atoms with Crippen molar-refractivity contribution in [2.24, 2.45) is 0 Å². The highest BCUT2D eigenvalue weighted by Gasteiger charge is 2.35. The van der Waals surface area contributed by atoms with E-state index in [0.29, 0.717) is 30.9 Å². The zero-order chi connectivity index (χ0) is 23.2. The maximum atomic E-state index is 12.7. The molecule has 1 aromatic heterocycles. The number of carbonyl (C=O) groups is 1. The van der Waals surface area contributed by atoms with Gasteiger partial charge in [0.1, 0.15) is 0 Å². The largest absolute Gasteiger partial charge is 0.461 e. The number of esters is 1. The summed E-state index contributed by atoms with van der Waals surface area (Å²) in [5, 5.41) is 6.28. The molecule has 176 valence electrons. The topological polar surface area (TPSA) is 57.7 Å². The summed E-state index contributed by atoms with van der Waals surface area (Å²) in [6.07, 6.45) is 3.38. The molecule has 2 bridgehead atoms. The summed E-state index contributed by atoms with van der Waals surface area (Å²) < 4.78 is 5.35. The smallest absolute Gasteiger partial charge is 0.356 e. The van der Waals surface area contributed by atoms with Gasteiger partial charge in [0, 0.05) is 54.0 Å². The Kier molecular flexibility index (Phi) is 5.41. The lowest BCUT2D eigenvalue weighted by Gasteiger charge is -2.38. The monoisotopic (exact) mass is 456 g/mol. The predicted octanol–water partition coefficient (Wildman–Crippen LogP) is 4.22. The molecule has 0 radical (unpaired) electrons. The molecule has 2 unspecified atom stereocenters. The average molecular weight is 457 g/mol. The van der Waals surface area contributed by atoms with Gasteiger partial charge in [0.05, 0.1) is 18.8 Å². The SMILES string of the molecule is CCOC(=O)c1cc(N2CC3CCC(C2)N3)c2c(n1)CN(c1cccc3cccc(C)c13)CC2. The van der Waals surface area contributed by atoms with Gasteiger partial charge in [-0.05, 0) is 56.2 Å². The van der Waals surface area contributed by atoms with E-state index in [9.17, 15) is 4.79 Å². The Morgan fingerprint density at radius 1 is 1.09 bits per heavy atom. The molecule has 1 N–H and O–H groups in total. The Bertz CT molecular complexity index is 1240. The molecular formula is C28H32N4O2. The number of carbonyl (C=O) groups excluding carboxylic acids is 1. The van der Waals surface area contributed by atoms with Crippen LogP contribution in [0.2, 0.25) is 0 Å². The van der Waals surface area contributed by atoms with Crippen molar-refractivity contribution >= 4 is 28.1 Å². The van der Waals surface area contributed by atoms with Gasteiger partial charge in [-0.1, -0.05) is 30.3 Å². The van der Waals surface area contributed by atoms with Crippen molar-refractivity contribution in [1.82, 2.24) is 10.3 Å². The predicted molar refractivity (Wildman–Crippen MR) is 136 cm³/mol. The van der Waals surface area contributed by atoms with Crippen molar-refractivity contribution in [3.63, 3.8) is 0 Å². The van der Waals surface area contributed by atoms with Crippen LogP contribution in [0.15, 0.2) is 42.5 Å². The standard InChI is InChI=1S/C28H32N4O2/c1-3-34-28(33)23-14-26(32-15-20-10-11-21(16-32)29-20)22-12-13-31(17-24(22)30-23)25-9-5-8-19-7-4-6-18(2)27(19)25/h4-9,14,20-21,29H,3,10-13,15-17H2,1-2H3. The molecule has 2 atom stereocenters. The van der Waals surface area contributed by atoms with E-state index in [0.717, 1.165) is 31.7 Å². The number of aromatic nitrogens is 1. The van der Waals surface area contributed by atoms with Gasteiger partial charge in [-0.2, -0.15) is 0 Å². The van der Waals surface area contributed by atoms with Crippen molar-refractivity contribution in [3.8, 4) is 0 Å². The number of hydrogen-bond acceptors (Lipinski definition) is 6. The molecule has 3 aliphatic rings. The zero-order valence-electron chi connectivity index (χ0n) is 20.0. The third-order valence-corrected chi connectivity index (χ3v) is 7.63. The van der Waals surface area contributed by atoms with E-state index in [4.69, 9.17) is 9.72 Å². The number of ether oxygens (including phenoxy) is 1. The highest BCUT2D eigenvalue weighted by molar-refractivity contribution is 5.97. The minimum absolute atomic E-state index is 0.331. The molecule has 3 aromatic rings. The normalized spacial score (nSPS) is 21.6. The average Bonchev–Trinajstić information content (AvgIpc) is 3.20. The van der Waals surface area contributed by atoms with Gasteiger partial charge in [0.15, 0.2) is 5.69 Å². The van der Waals surface area contributed by atoms with Gasteiger partial charge < -0.3 is 19.9 Å². The lowest BCUT2D eigenvalue weighted by Crippen LogP contribution is -2.51. The number of nitrogens with one attached hydrogen (secondary N) is 1. The molecular weight excluding hydrogens is 424 g/mol. The summed E-state index contributed by atoms with van der Waals surface area (Å²) >= 11 is 0. The minimum Gasteiger partial charge on any atom is -0.461 e. The number of anilines is 2. The van der Waals surface area contributed by atoms with Crippen LogP contribution in [0.4, 0.5) is 11.4 Å². The van der Waals surface area contributed by atoms with E-state index in [1.54, 1.807) is 0 Å². The van der Waals surface area contributed by atoms with Gasteiger partial charge in [-0.3, -0.25) is 0 Å². The first kappa shape index (κ1) is 21.4. The first-order chi connectivity index (χ1) is 16.6. The van der Waals surface area contributed by atoms with E-state index in [2.05, 4.69) is 58.4 Å². The van der Waals surface area contributed by atoms with Gasteiger partial charge in [0.25, 0.3) is 0 Å². The van der Waals surface area contributed by atoms with Crippen LogP contribution in [0.3, 0.4) is 0 Å². The Morgan fingerprint density at radius 3 is 2.62 bits per heavy atom. The summed E-state index contributed by atoms with van der Waals surface area (Å²) in [6, 6.07) is 16.1. The second-order valence-corrected chi connectivity index (χ2v) is 9.84. The van der Waals surface area contributed by atoms with Crippen molar-refractivity contribution < 1.29 is 9.53 Å². The first-order valence-corrected chi connectivity index (χ1v) is 12.5. The zero-order valence-corrected chi connectivity index (χ0v) is 20.0. The number of nitrogens with zero attached hydrogens (tertiary/aromatic N) is 3. The molecule has 4 heterocycles. The molecule has 34 heavy (non-hydrogen) atoms. The molecule has 0 aliphatic carbocycles.